The number of aliphatic carboxylic acids is 1. The van der Waals surface area contributed by atoms with Gasteiger partial charge in [0.15, 0.2) is 0 Å². The Hall–Kier alpha value is -0.460. The number of hydrogen-bond acceptors (Lipinski definition) is 4. The number of ether oxygens (including phenoxy) is 2. The van der Waals surface area contributed by atoms with Crippen LogP contribution >= 0.6 is 0 Å². The third-order valence-electron chi connectivity index (χ3n) is 2.84. The minimum absolute atomic E-state index is 0.142. The van der Waals surface area contributed by atoms with Gasteiger partial charge in [-0.05, 0) is 18.3 Å². The molecular formula is C11H20O5S. The van der Waals surface area contributed by atoms with Gasteiger partial charge < -0.3 is 14.6 Å². The molecule has 0 aromatic rings. The molecule has 1 aliphatic rings. The quantitative estimate of drug-likeness (QED) is 0.587. The van der Waals surface area contributed by atoms with Crippen LogP contribution in [-0.2, 0) is 25.1 Å². The van der Waals surface area contributed by atoms with Crippen molar-refractivity contribution in [3.63, 3.8) is 0 Å². The monoisotopic (exact) mass is 264 g/mol. The SMILES string of the molecule is COCCOCCS(=O)CC1(CC(=O)O)CC1. The van der Waals surface area contributed by atoms with Gasteiger partial charge >= 0.3 is 5.97 Å². The molecule has 1 N–H and O–H groups in total. The first-order valence-corrected chi connectivity index (χ1v) is 7.20. The Morgan fingerprint density at radius 2 is 2.06 bits per heavy atom. The smallest absolute Gasteiger partial charge is 0.303 e. The Balaban J connectivity index is 2.10. The third-order valence-corrected chi connectivity index (χ3v) is 4.39. The lowest BCUT2D eigenvalue weighted by atomic mass is 10.1. The number of carboxylic acid groups (broad SMARTS) is 1. The lowest BCUT2D eigenvalue weighted by Crippen LogP contribution is -2.20. The Morgan fingerprint density at radius 1 is 1.35 bits per heavy atom. The minimum atomic E-state index is -0.978. The molecule has 1 aliphatic carbocycles. The van der Waals surface area contributed by atoms with E-state index in [9.17, 15) is 9.00 Å². The van der Waals surface area contributed by atoms with Crippen LogP contribution in [0.5, 0.6) is 0 Å². The molecule has 0 bridgehead atoms. The Morgan fingerprint density at radius 3 is 2.59 bits per heavy atom. The van der Waals surface area contributed by atoms with Crippen LogP contribution in [0.1, 0.15) is 19.3 Å². The van der Waals surface area contributed by atoms with Gasteiger partial charge in [0, 0.05) is 29.4 Å². The number of rotatable bonds is 10. The van der Waals surface area contributed by atoms with Gasteiger partial charge in [0.05, 0.1) is 26.2 Å². The Labute approximate surface area is 104 Å². The summed E-state index contributed by atoms with van der Waals surface area (Å²) in [5.41, 5.74) is -0.191. The van der Waals surface area contributed by atoms with Gasteiger partial charge in [0.1, 0.15) is 0 Å². The molecule has 17 heavy (non-hydrogen) atoms. The highest BCUT2D eigenvalue weighted by Gasteiger charge is 2.45. The van der Waals surface area contributed by atoms with Crippen molar-refractivity contribution >= 4 is 16.8 Å². The molecule has 1 saturated carbocycles. The predicted octanol–water partition coefficient (Wildman–Crippen LogP) is 0.653. The third kappa shape index (κ3) is 6.14. The Kier molecular flexibility index (Phi) is 6.08. The summed E-state index contributed by atoms with van der Waals surface area (Å²) in [5.74, 6) is 0.175. The first kappa shape index (κ1) is 14.6. The molecule has 5 nitrogen and oxygen atoms in total. The van der Waals surface area contributed by atoms with E-state index in [1.54, 1.807) is 7.11 Å². The van der Waals surface area contributed by atoms with Crippen molar-refractivity contribution in [2.24, 2.45) is 5.41 Å². The lowest BCUT2D eigenvalue weighted by molar-refractivity contribution is -0.138. The molecule has 1 atom stereocenters. The fourth-order valence-corrected chi connectivity index (χ4v) is 3.20. The summed E-state index contributed by atoms with van der Waals surface area (Å²) in [6, 6.07) is 0. The van der Waals surface area contributed by atoms with E-state index >= 15 is 0 Å². The second kappa shape index (κ2) is 7.08. The van der Waals surface area contributed by atoms with Crippen molar-refractivity contribution in [3.8, 4) is 0 Å². The number of hydrogen-bond donors (Lipinski definition) is 1. The number of carbonyl (C=O) groups is 1. The maximum absolute atomic E-state index is 11.7. The predicted molar refractivity (Wildman–Crippen MR) is 64.5 cm³/mol. The van der Waals surface area contributed by atoms with Gasteiger partial charge in [-0.25, -0.2) is 0 Å². The van der Waals surface area contributed by atoms with Crippen molar-refractivity contribution in [1.29, 1.82) is 0 Å². The average Bonchev–Trinajstić information content (AvgIpc) is 2.96. The molecular weight excluding hydrogens is 244 g/mol. The first-order chi connectivity index (χ1) is 8.08. The highest BCUT2D eigenvalue weighted by molar-refractivity contribution is 7.85. The summed E-state index contributed by atoms with van der Waals surface area (Å²) in [5, 5.41) is 8.74. The van der Waals surface area contributed by atoms with E-state index in [4.69, 9.17) is 14.6 Å². The molecule has 0 spiro atoms. The van der Waals surface area contributed by atoms with Crippen LogP contribution in [-0.4, -0.2) is 53.7 Å². The zero-order valence-corrected chi connectivity index (χ0v) is 11.0. The Bertz CT molecular complexity index is 275. The van der Waals surface area contributed by atoms with E-state index in [0.717, 1.165) is 12.8 Å². The van der Waals surface area contributed by atoms with Gasteiger partial charge in [-0.1, -0.05) is 0 Å². The van der Waals surface area contributed by atoms with Crippen molar-refractivity contribution < 1.29 is 23.6 Å². The summed E-state index contributed by atoms with van der Waals surface area (Å²) in [6.07, 6.45) is 1.91. The zero-order valence-electron chi connectivity index (χ0n) is 10.1. The normalized spacial score (nSPS) is 18.9. The van der Waals surface area contributed by atoms with Gasteiger partial charge in [-0.15, -0.1) is 0 Å². The average molecular weight is 264 g/mol. The summed E-state index contributed by atoms with van der Waals surface area (Å²) in [6.45, 7) is 1.49. The fraction of sp³-hybridized carbons (Fsp3) is 0.909. The number of methoxy groups -OCH3 is 1. The highest BCUT2D eigenvalue weighted by Crippen LogP contribution is 2.49. The molecule has 0 heterocycles. The van der Waals surface area contributed by atoms with Crippen LogP contribution in [0, 0.1) is 5.41 Å². The maximum atomic E-state index is 11.7. The van der Waals surface area contributed by atoms with Crippen LogP contribution in [0.25, 0.3) is 0 Å². The molecule has 100 valence electrons. The highest BCUT2D eigenvalue weighted by atomic mass is 32.2. The largest absolute Gasteiger partial charge is 0.481 e. The van der Waals surface area contributed by atoms with E-state index < -0.39 is 16.8 Å². The molecule has 1 fully saturated rings. The van der Waals surface area contributed by atoms with Crippen LogP contribution in [0.4, 0.5) is 0 Å². The second-order valence-electron chi connectivity index (χ2n) is 4.46. The van der Waals surface area contributed by atoms with Crippen LogP contribution in [0.3, 0.4) is 0 Å². The van der Waals surface area contributed by atoms with Crippen molar-refractivity contribution in [2.45, 2.75) is 19.3 Å². The molecule has 6 heteroatoms. The second-order valence-corrected chi connectivity index (χ2v) is 6.04. The summed E-state index contributed by atoms with van der Waals surface area (Å²) >= 11 is 0. The molecule has 0 amide bonds. The van der Waals surface area contributed by atoms with Gasteiger partial charge in [-0.2, -0.15) is 0 Å². The topological polar surface area (TPSA) is 72.8 Å². The van der Waals surface area contributed by atoms with Gasteiger partial charge in [0.2, 0.25) is 0 Å². The number of carboxylic acids is 1. The standard InChI is InChI=1S/C11H20O5S/c1-15-4-5-16-6-7-17(14)9-11(2-3-11)8-10(12)13/h2-9H2,1H3,(H,12,13). The molecule has 0 aliphatic heterocycles. The maximum Gasteiger partial charge on any atom is 0.303 e. The lowest BCUT2D eigenvalue weighted by Gasteiger charge is -2.11. The van der Waals surface area contributed by atoms with E-state index in [0.29, 0.717) is 31.3 Å². The van der Waals surface area contributed by atoms with Crippen molar-refractivity contribution in [3.05, 3.63) is 0 Å². The summed E-state index contributed by atoms with van der Waals surface area (Å²) in [4.78, 5) is 10.6. The minimum Gasteiger partial charge on any atom is -0.481 e. The van der Waals surface area contributed by atoms with E-state index in [1.165, 1.54) is 0 Å². The van der Waals surface area contributed by atoms with Crippen LogP contribution < -0.4 is 0 Å². The van der Waals surface area contributed by atoms with Crippen LogP contribution in [0.2, 0.25) is 0 Å². The summed E-state index contributed by atoms with van der Waals surface area (Å²) in [7, 11) is 0.623. The van der Waals surface area contributed by atoms with Gasteiger partial charge in [-0.3, -0.25) is 9.00 Å². The molecule has 1 unspecified atom stereocenters. The first-order valence-electron chi connectivity index (χ1n) is 5.71. The molecule has 0 saturated heterocycles. The van der Waals surface area contributed by atoms with E-state index in [2.05, 4.69) is 0 Å². The molecule has 0 aromatic heterocycles. The van der Waals surface area contributed by atoms with E-state index in [1.807, 2.05) is 0 Å². The van der Waals surface area contributed by atoms with Crippen molar-refractivity contribution in [2.75, 3.05) is 38.4 Å². The van der Waals surface area contributed by atoms with Crippen molar-refractivity contribution in [1.82, 2.24) is 0 Å². The van der Waals surface area contributed by atoms with Crippen LogP contribution in [0.15, 0.2) is 0 Å². The fourth-order valence-electron chi connectivity index (χ4n) is 1.68. The zero-order chi connectivity index (χ0) is 12.7. The van der Waals surface area contributed by atoms with Gasteiger partial charge in [0.25, 0.3) is 0 Å². The molecule has 1 rings (SSSR count). The summed E-state index contributed by atoms with van der Waals surface area (Å²) < 4.78 is 21.8. The molecule has 0 aromatic carbocycles. The molecule has 0 radical (unpaired) electrons. The van der Waals surface area contributed by atoms with E-state index in [-0.39, 0.29) is 11.8 Å².